The summed E-state index contributed by atoms with van der Waals surface area (Å²) in [6.45, 7) is 4.68. The van der Waals surface area contributed by atoms with Crippen molar-refractivity contribution in [3.8, 4) is 11.1 Å². The number of rotatable bonds is 5. The minimum Gasteiger partial charge on any atom is -0.397 e. The normalized spacial score (nSPS) is 14.9. The summed E-state index contributed by atoms with van der Waals surface area (Å²) in [5.41, 5.74) is 6.15. The highest BCUT2D eigenvalue weighted by Crippen LogP contribution is 2.39. The fraction of sp³-hybridized carbons (Fsp3) is 0.367. The summed E-state index contributed by atoms with van der Waals surface area (Å²) in [5, 5.41) is 11.4. The third kappa shape index (κ3) is 5.84. The summed E-state index contributed by atoms with van der Waals surface area (Å²) in [4.78, 5) is 5.09. The Balaban J connectivity index is 0.000000868. The van der Waals surface area contributed by atoms with E-state index in [0.717, 1.165) is 17.6 Å². The molecule has 0 aliphatic heterocycles. The molecule has 1 heterocycles. The quantitative estimate of drug-likeness (QED) is 0.238. The first-order valence-corrected chi connectivity index (χ1v) is 13.6. The lowest BCUT2D eigenvalue weighted by Gasteiger charge is -2.19. The van der Waals surface area contributed by atoms with Crippen molar-refractivity contribution < 1.29 is 9.63 Å². The Morgan fingerprint density at radius 2 is 1.59 bits per heavy atom. The number of hydrogen-bond acceptors (Lipinski definition) is 3. The Labute approximate surface area is 205 Å². The molecular formula is C30H36NO2P. The predicted octanol–water partition coefficient (Wildman–Crippen LogP) is 7.75. The molecule has 0 radical (unpaired) electrons. The third-order valence-corrected chi connectivity index (χ3v) is 7.46. The van der Waals surface area contributed by atoms with Gasteiger partial charge in [-0.15, -0.1) is 0 Å². The second-order valence-electron chi connectivity index (χ2n) is 8.90. The minimum absolute atomic E-state index is 0.250. The molecule has 178 valence electrons. The van der Waals surface area contributed by atoms with Crippen LogP contribution in [0.15, 0.2) is 66.7 Å². The summed E-state index contributed by atoms with van der Waals surface area (Å²) in [6, 6.07) is 24.6. The van der Waals surface area contributed by atoms with Gasteiger partial charge in [-0.2, -0.15) is 0 Å². The number of aliphatic hydroxyl groups is 1. The second-order valence-corrected chi connectivity index (χ2v) is 9.91. The lowest BCUT2D eigenvalue weighted by atomic mass is 9.87. The first-order chi connectivity index (χ1) is 16.7. The van der Waals surface area contributed by atoms with Gasteiger partial charge in [0.15, 0.2) is 0 Å². The van der Waals surface area contributed by atoms with Crippen LogP contribution in [-0.2, 0) is 4.52 Å². The lowest BCUT2D eigenvalue weighted by Crippen LogP contribution is -2.04. The molecule has 3 aromatic carbocycles. The van der Waals surface area contributed by atoms with E-state index >= 15 is 0 Å². The van der Waals surface area contributed by atoms with Crippen molar-refractivity contribution >= 4 is 35.9 Å². The molecular weight excluding hydrogens is 437 g/mol. The van der Waals surface area contributed by atoms with E-state index in [-0.39, 0.29) is 6.61 Å². The number of pyridine rings is 1. The van der Waals surface area contributed by atoms with Crippen LogP contribution >= 0.6 is 8.81 Å². The monoisotopic (exact) mass is 473 g/mol. The Morgan fingerprint density at radius 3 is 2.35 bits per heavy atom. The molecule has 34 heavy (non-hydrogen) atoms. The van der Waals surface area contributed by atoms with Crippen LogP contribution in [0, 0.1) is 0 Å². The number of hydrogen-bond donors (Lipinski definition) is 1. The molecule has 1 fully saturated rings. The number of nitrogens with zero attached hydrogens (tertiary/aromatic N) is 1. The van der Waals surface area contributed by atoms with E-state index in [1.165, 1.54) is 71.4 Å². The topological polar surface area (TPSA) is 42.4 Å². The average molecular weight is 474 g/mol. The van der Waals surface area contributed by atoms with Crippen LogP contribution in [0.3, 0.4) is 0 Å². The number of fused-ring (bicyclic) bond motifs is 2. The maximum Gasteiger partial charge on any atom is 0.0883 e. The van der Waals surface area contributed by atoms with Gasteiger partial charge in [-0.25, -0.2) is 4.98 Å². The van der Waals surface area contributed by atoms with Crippen molar-refractivity contribution in [1.82, 2.24) is 4.98 Å². The number of benzene rings is 3. The van der Waals surface area contributed by atoms with Crippen LogP contribution in [0.2, 0.25) is 0 Å². The van der Waals surface area contributed by atoms with Crippen molar-refractivity contribution in [2.75, 3.05) is 13.2 Å². The Kier molecular flexibility index (Phi) is 9.04. The van der Waals surface area contributed by atoms with Gasteiger partial charge >= 0.3 is 0 Å². The highest BCUT2D eigenvalue weighted by molar-refractivity contribution is 7.41. The van der Waals surface area contributed by atoms with E-state index in [1.54, 1.807) is 6.92 Å². The van der Waals surface area contributed by atoms with Gasteiger partial charge in [-0.3, -0.25) is 0 Å². The Hall–Kier alpha value is -2.32. The van der Waals surface area contributed by atoms with Crippen LogP contribution in [0.1, 0.15) is 63.9 Å². The third-order valence-electron chi connectivity index (χ3n) is 6.54. The number of aliphatic hydroxyl groups excluding tert-OH is 1. The van der Waals surface area contributed by atoms with Crippen LogP contribution in [0.4, 0.5) is 0 Å². The van der Waals surface area contributed by atoms with Crippen LogP contribution in [0.25, 0.3) is 32.8 Å². The van der Waals surface area contributed by atoms with Crippen LogP contribution < -0.4 is 5.44 Å². The second kappa shape index (κ2) is 12.4. The van der Waals surface area contributed by atoms with Crippen molar-refractivity contribution in [3.63, 3.8) is 0 Å². The smallest absolute Gasteiger partial charge is 0.0883 e. The minimum atomic E-state index is 0.250. The molecule has 4 aromatic rings. The summed E-state index contributed by atoms with van der Waals surface area (Å²) < 4.78 is 5.68. The summed E-state index contributed by atoms with van der Waals surface area (Å²) in [7, 11) is 0.293. The molecule has 1 aromatic heterocycles. The maximum absolute atomic E-state index is 7.57. The zero-order chi connectivity index (χ0) is 23.8. The molecule has 1 saturated carbocycles. The van der Waals surface area contributed by atoms with E-state index in [1.807, 2.05) is 6.92 Å². The van der Waals surface area contributed by atoms with Gasteiger partial charge in [0, 0.05) is 24.2 Å². The first-order valence-electron chi connectivity index (χ1n) is 12.7. The molecule has 0 spiro atoms. The average Bonchev–Trinajstić information content (AvgIpc) is 3.17. The van der Waals surface area contributed by atoms with Gasteiger partial charge in [0.25, 0.3) is 0 Å². The Morgan fingerprint density at radius 1 is 0.853 bits per heavy atom. The molecule has 5 rings (SSSR count). The van der Waals surface area contributed by atoms with Gasteiger partial charge in [-0.1, -0.05) is 74.2 Å². The number of aromatic nitrogens is 1. The van der Waals surface area contributed by atoms with E-state index in [4.69, 9.17) is 14.6 Å². The van der Waals surface area contributed by atoms with Gasteiger partial charge < -0.3 is 9.63 Å². The maximum atomic E-state index is 7.57. The molecule has 1 unspecified atom stereocenters. The molecule has 1 atom stereocenters. The summed E-state index contributed by atoms with van der Waals surface area (Å²) in [5.74, 6) is 0.658. The van der Waals surface area contributed by atoms with Crippen molar-refractivity contribution in [2.45, 2.75) is 58.3 Å². The van der Waals surface area contributed by atoms with E-state index in [9.17, 15) is 0 Å². The molecule has 4 heteroatoms. The van der Waals surface area contributed by atoms with E-state index < -0.39 is 0 Å². The zero-order valence-electron chi connectivity index (χ0n) is 20.4. The Bertz CT molecular complexity index is 1210. The predicted molar refractivity (Wildman–Crippen MR) is 147 cm³/mol. The molecule has 3 nitrogen and oxygen atoms in total. The fourth-order valence-electron chi connectivity index (χ4n) is 4.98. The molecule has 1 aliphatic carbocycles. The first kappa shape index (κ1) is 24.8. The summed E-state index contributed by atoms with van der Waals surface area (Å²) in [6.07, 6.45) is 8.06. The van der Waals surface area contributed by atoms with Crippen LogP contribution in [0.5, 0.6) is 0 Å². The molecule has 0 bridgehead atoms. The zero-order valence-corrected chi connectivity index (χ0v) is 21.4. The standard InChI is InChI=1S/C28H30NOP.C2H6O/c1-2-30-31-27-17-16-22-18-23(20-10-5-3-4-6-11-20)19-26(28(22)29-27)25-15-9-13-21-12-7-8-14-24(21)25;1-2-3/h7-9,12-20,31H,2-6,10-11H2,1H3;3H,2H2,1H3. The van der Waals surface area contributed by atoms with Gasteiger partial charge in [-0.05, 0) is 72.7 Å². The highest BCUT2D eigenvalue weighted by atomic mass is 31.1. The highest BCUT2D eigenvalue weighted by Gasteiger charge is 2.18. The molecule has 1 aliphatic rings. The fourth-order valence-corrected chi connectivity index (χ4v) is 5.58. The van der Waals surface area contributed by atoms with E-state index in [0.29, 0.717) is 14.7 Å². The molecule has 0 amide bonds. The SMILES string of the molecule is CCO.CCOPc1ccc2cc(C3CCCCCC3)cc(-c3cccc4ccccc34)c2n1. The van der Waals surface area contributed by atoms with Gasteiger partial charge in [0.1, 0.15) is 0 Å². The van der Waals surface area contributed by atoms with E-state index in [2.05, 4.69) is 66.7 Å². The van der Waals surface area contributed by atoms with Gasteiger partial charge in [0.05, 0.1) is 19.8 Å². The molecule has 0 saturated heterocycles. The molecule has 1 N–H and O–H groups in total. The lowest BCUT2D eigenvalue weighted by molar-refractivity contribution is 0.318. The van der Waals surface area contributed by atoms with Crippen molar-refractivity contribution in [1.29, 1.82) is 0 Å². The van der Waals surface area contributed by atoms with Crippen molar-refractivity contribution in [3.05, 3.63) is 72.3 Å². The van der Waals surface area contributed by atoms with Crippen molar-refractivity contribution in [2.24, 2.45) is 0 Å². The van der Waals surface area contributed by atoms with Gasteiger partial charge in [0.2, 0.25) is 0 Å². The largest absolute Gasteiger partial charge is 0.397 e. The van der Waals surface area contributed by atoms with Crippen LogP contribution in [-0.4, -0.2) is 23.3 Å². The summed E-state index contributed by atoms with van der Waals surface area (Å²) >= 11 is 0.